The molecule has 0 aliphatic carbocycles. The van der Waals surface area contributed by atoms with Gasteiger partial charge in [0.25, 0.3) is 0 Å². The Bertz CT molecular complexity index is 705. The van der Waals surface area contributed by atoms with Crippen LogP contribution in [0.2, 0.25) is 0 Å². The smallest absolute Gasteiger partial charge is 0.228 e. The number of nitrogens with one attached hydrogen (secondary N) is 1. The quantitative estimate of drug-likeness (QED) is 0.678. The fourth-order valence-electron chi connectivity index (χ4n) is 4.50. The fraction of sp³-hybridized carbons (Fsp3) is 0.800. The summed E-state index contributed by atoms with van der Waals surface area (Å²) in [5.74, 6) is 0.292. The Morgan fingerprint density at radius 3 is 2.66 bits per heavy atom. The average molecular weight is 421 g/mol. The van der Waals surface area contributed by atoms with E-state index in [-0.39, 0.29) is 17.7 Å². The number of anilines is 2. The summed E-state index contributed by atoms with van der Waals surface area (Å²) in [6.07, 6.45) is 8.37. The number of hydrogen-bond donors (Lipinski definition) is 1. The second-order valence-corrected chi connectivity index (χ2v) is 9.28. The number of aromatic nitrogens is 2. The maximum absolute atomic E-state index is 12.6. The lowest BCUT2D eigenvalue weighted by Crippen LogP contribution is -2.43. The highest BCUT2D eigenvalue weighted by molar-refractivity contribution is 7.19. The summed E-state index contributed by atoms with van der Waals surface area (Å²) in [7, 11) is 0. The largest absolute Gasteiger partial charge is 0.356 e. The summed E-state index contributed by atoms with van der Waals surface area (Å²) in [6, 6.07) is 0. The summed E-state index contributed by atoms with van der Waals surface area (Å²) in [5.41, 5.74) is 0. The van der Waals surface area contributed by atoms with Gasteiger partial charge in [0.05, 0.1) is 5.92 Å². The number of hydrogen-bond acceptors (Lipinski definition) is 7. The molecular weight excluding hydrogens is 388 g/mol. The van der Waals surface area contributed by atoms with Crippen LogP contribution in [-0.4, -0.2) is 72.7 Å². The van der Waals surface area contributed by atoms with Crippen molar-refractivity contribution >= 4 is 33.4 Å². The van der Waals surface area contributed by atoms with Crippen LogP contribution in [0.15, 0.2) is 0 Å². The Morgan fingerprint density at radius 1 is 1.03 bits per heavy atom. The van der Waals surface area contributed by atoms with E-state index in [1.165, 1.54) is 43.7 Å². The van der Waals surface area contributed by atoms with E-state index in [0.29, 0.717) is 18.1 Å². The SMILES string of the molecule is O=C(NCCCN1CCCCC1)C1CCCN(c2nnc(N3CCCC3=O)s2)C1. The van der Waals surface area contributed by atoms with Crippen molar-refractivity contribution in [2.24, 2.45) is 5.92 Å². The number of likely N-dealkylation sites (tertiary alicyclic amines) is 1. The minimum atomic E-state index is -0.000458. The van der Waals surface area contributed by atoms with E-state index < -0.39 is 0 Å². The minimum Gasteiger partial charge on any atom is -0.356 e. The Hall–Kier alpha value is -1.74. The number of carbonyl (C=O) groups is 2. The van der Waals surface area contributed by atoms with Crippen LogP contribution in [0.4, 0.5) is 10.3 Å². The van der Waals surface area contributed by atoms with Gasteiger partial charge in [-0.1, -0.05) is 17.8 Å². The third kappa shape index (κ3) is 5.25. The first-order valence-electron chi connectivity index (χ1n) is 11.1. The van der Waals surface area contributed by atoms with Gasteiger partial charge in [0.15, 0.2) is 0 Å². The topological polar surface area (TPSA) is 81.7 Å². The average Bonchev–Trinajstić information content (AvgIpc) is 3.41. The molecule has 0 radical (unpaired) electrons. The second-order valence-electron chi connectivity index (χ2n) is 8.35. The van der Waals surface area contributed by atoms with Crippen molar-refractivity contribution < 1.29 is 9.59 Å². The molecule has 0 bridgehead atoms. The van der Waals surface area contributed by atoms with Crippen LogP contribution in [0.3, 0.4) is 0 Å². The molecule has 0 saturated carbocycles. The standard InChI is InChI=1S/C20H32N6O2S/c27-17-8-5-14-26(17)20-23-22-19(29-20)25-13-4-7-16(15-25)18(28)21-9-6-12-24-10-2-1-3-11-24/h16H,1-15H2,(H,21,28). The first-order valence-corrected chi connectivity index (χ1v) is 11.9. The number of nitrogens with zero attached hydrogens (tertiary/aromatic N) is 5. The monoisotopic (exact) mass is 420 g/mol. The first-order chi connectivity index (χ1) is 14.2. The van der Waals surface area contributed by atoms with E-state index >= 15 is 0 Å². The van der Waals surface area contributed by atoms with E-state index in [9.17, 15) is 9.59 Å². The molecule has 2 amide bonds. The summed E-state index contributed by atoms with van der Waals surface area (Å²) in [5, 5.41) is 13.2. The lowest BCUT2D eigenvalue weighted by molar-refractivity contribution is -0.125. The van der Waals surface area contributed by atoms with Crippen molar-refractivity contribution in [2.45, 2.75) is 51.4 Å². The second kappa shape index (κ2) is 9.84. The number of carbonyl (C=O) groups excluding carboxylic acids is 2. The van der Waals surface area contributed by atoms with Gasteiger partial charge in [-0.15, -0.1) is 10.2 Å². The predicted molar refractivity (Wildman–Crippen MR) is 114 cm³/mol. The third-order valence-corrected chi connectivity index (χ3v) is 7.18. The number of amides is 2. The fourth-order valence-corrected chi connectivity index (χ4v) is 5.43. The van der Waals surface area contributed by atoms with Crippen LogP contribution in [0, 0.1) is 5.92 Å². The molecule has 4 heterocycles. The van der Waals surface area contributed by atoms with E-state index in [2.05, 4.69) is 25.3 Å². The highest BCUT2D eigenvalue weighted by atomic mass is 32.1. The van der Waals surface area contributed by atoms with E-state index in [1.807, 2.05) is 0 Å². The van der Waals surface area contributed by atoms with Gasteiger partial charge in [0.2, 0.25) is 22.1 Å². The Kier molecular flexibility index (Phi) is 6.97. The maximum Gasteiger partial charge on any atom is 0.228 e. The van der Waals surface area contributed by atoms with Crippen molar-refractivity contribution in [3.63, 3.8) is 0 Å². The van der Waals surface area contributed by atoms with Crippen LogP contribution >= 0.6 is 11.3 Å². The molecule has 3 aliphatic rings. The summed E-state index contributed by atoms with van der Waals surface area (Å²) in [6.45, 7) is 6.56. The third-order valence-electron chi connectivity index (χ3n) is 6.17. The lowest BCUT2D eigenvalue weighted by Gasteiger charge is -2.31. The number of rotatable bonds is 7. The normalized spacial score (nSPS) is 23.6. The van der Waals surface area contributed by atoms with Gasteiger partial charge in [-0.3, -0.25) is 14.5 Å². The molecule has 4 rings (SSSR count). The van der Waals surface area contributed by atoms with Crippen LogP contribution in [0.5, 0.6) is 0 Å². The van der Waals surface area contributed by atoms with E-state index in [4.69, 9.17) is 0 Å². The molecule has 1 unspecified atom stereocenters. The van der Waals surface area contributed by atoms with Gasteiger partial charge in [0.1, 0.15) is 0 Å². The molecule has 1 N–H and O–H groups in total. The van der Waals surface area contributed by atoms with Gasteiger partial charge >= 0.3 is 0 Å². The van der Waals surface area contributed by atoms with Crippen LogP contribution in [-0.2, 0) is 9.59 Å². The van der Waals surface area contributed by atoms with Crippen LogP contribution in [0.1, 0.15) is 51.4 Å². The minimum absolute atomic E-state index is 0.000458. The van der Waals surface area contributed by atoms with Gasteiger partial charge in [0, 0.05) is 32.6 Å². The molecule has 3 aliphatic heterocycles. The van der Waals surface area contributed by atoms with E-state index in [0.717, 1.165) is 57.0 Å². The molecule has 3 saturated heterocycles. The molecule has 160 valence electrons. The van der Waals surface area contributed by atoms with Crippen LogP contribution < -0.4 is 15.1 Å². The molecule has 3 fully saturated rings. The van der Waals surface area contributed by atoms with Gasteiger partial charge in [-0.2, -0.15) is 0 Å². The maximum atomic E-state index is 12.6. The zero-order valence-electron chi connectivity index (χ0n) is 17.1. The summed E-state index contributed by atoms with van der Waals surface area (Å²) < 4.78 is 0. The zero-order valence-corrected chi connectivity index (χ0v) is 18.0. The lowest BCUT2D eigenvalue weighted by atomic mass is 9.97. The predicted octanol–water partition coefficient (Wildman–Crippen LogP) is 1.87. The van der Waals surface area contributed by atoms with E-state index in [1.54, 1.807) is 4.90 Å². The zero-order chi connectivity index (χ0) is 20.1. The first kappa shape index (κ1) is 20.5. The van der Waals surface area contributed by atoms with Gasteiger partial charge < -0.3 is 15.1 Å². The van der Waals surface area contributed by atoms with Crippen molar-refractivity contribution in [1.82, 2.24) is 20.4 Å². The molecule has 29 heavy (non-hydrogen) atoms. The molecule has 1 atom stereocenters. The van der Waals surface area contributed by atoms with Crippen molar-refractivity contribution in [2.75, 3.05) is 55.6 Å². The molecule has 0 aromatic carbocycles. The van der Waals surface area contributed by atoms with Crippen molar-refractivity contribution in [1.29, 1.82) is 0 Å². The molecular formula is C20H32N6O2S. The Morgan fingerprint density at radius 2 is 1.86 bits per heavy atom. The highest BCUT2D eigenvalue weighted by Gasteiger charge is 2.30. The Balaban J connectivity index is 1.23. The number of piperidine rings is 2. The van der Waals surface area contributed by atoms with Crippen molar-refractivity contribution in [3.05, 3.63) is 0 Å². The Labute approximate surface area is 176 Å². The summed E-state index contributed by atoms with van der Waals surface area (Å²) in [4.78, 5) is 31.0. The van der Waals surface area contributed by atoms with Gasteiger partial charge in [-0.05, 0) is 58.2 Å². The van der Waals surface area contributed by atoms with Gasteiger partial charge in [-0.25, -0.2) is 0 Å². The molecule has 1 aromatic heterocycles. The molecule has 8 nitrogen and oxygen atoms in total. The van der Waals surface area contributed by atoms with Crippen molar-refractivity contribution in [3.8, 4) is 0 Å². The van der Waals surface area contributed by atoms with Crippen LogP contribution in [0.25, 0.3) is 0 Å². The molecule has 9 heteroatoms. The molecule has 0 spiro atoms. The highest BCUT2D eigenvalue weighted by Crippen LogP contribution is 2.32. The summed E-state index contributed by atoms with van der Waals surface area (Å²) >= 11 is 1.46. The molecule has 1 aromatic rings.